The Morgan fingerprint density at radius 1 is 0.885 bits per heavy atom. The fourth-order valence-corrected chi connectivity index (χ4v) is 7.62. The molecule has 0 saturated carbocycles. The highest BCUT2D eigenvalue weighted by molar-refractivity contribution is 5.85. The van der Waals surface area contributed by atoms with Crippen LogP contribution in [0.25, 0.3) is 39.3 Å². The van der Waals surface area contributed by atoms with Crippen molar-refractivity contribution in [3.63, 3.8) is 0 Å². The molecule has 8 nitrogen and oxygen atoms in total. The number of rotatable bonds is 7. The smallest absolute Gasteiger partial charge is 0.340 e. The molecule has 272 valence electrons. The third-order valence-corrected chi connectivity index (χ3v) is 10.0. The molecule has 7 rings (SSSR count). The van der Waals surface area contributed by atoms with Gasteiger partial charge in [-0.1, -0.05) is 18.2 Å². The molecule has 2 aliphatic rings. The van der Waals surface area contributed by atoms with Gasteiger partial charge in [0.25, 0.3) is 0 Å². The van der Waals surface area contributed by atoms with Gasteiger partial charge >= 0.3 is 5.97 Å². The monoisotopic (exact) mass is 709 g/mol. The van der Waals surface area contributed by atoms with E-state index in [1.54, 1.807) is 17.5 Å². The van der Waals surface area contributed by atoms with Crippen molar-refractivity contribution in [3.05, 3.63) is 87.1 Å². The number of carbonyl (C=O) groups is 1. The average molecular weight is 710 g/mol. The number of benzene rings is 3. The molecule has 0 N–H and O–H groups in total. The number of aryl methyl sites for hydroxylation is 2. The van der Waals surface area contributed by atoms with Gasteiger partial charge in [0.15, 0.2) is 34.9 Å². The van der Waals surface area contributed by atoms with Crippen LogP contribution in [0.3, 0.4) is 0 Å². The predicted molar refractivity (Wildman–Crippen MR) is 196 cm³/mol. The van der Waals surface area contributed by atoms with Gasteiger partial charge in [0.05, 0.1) is 36.8 Å². The molecule has 10 heteroatoms. The fourth-order valence-electron chi connectivity index (χ4n) is 7.62. The molecule has 0 radical (unpaired) electrons. The summed E-state index contributed by atoms with van der Waals surface area (Å²) < 4.78 is 56.5. The number of nitrogens with zero attached hydrogens (tertiary/aromatic N) is 3. The minimum atomic E-state index is -1.18. The molecule has 0 bridgehead atoms. The third-order valence-electron chi connectivity index (χ3n) is 10.0. The van der Waals surface area contributed by atoms with E-state index >= 15 is 8.78 Å². The first-order valence-corrected chi connectivity index (χ1v) is 18.0. The Bertz CT molecular complexity index is 2240. The molecule has 0 spiro atoms. The molecule has 5 aromatic rings. The lowest BCUT2D eigenvalue weighted by molar-refractivity contribution is -0.166. The Hall–Kier alpha value is -4.83. The Balaban J connectivity index is 1.49. The summed E-state index contributed by atoms with van der Waals surface area (Å²) in [7, 11) is 0. The van der Waals surface area contributed by atoms with E-state index in [0.717, 1.165) is 63.8 Å². The molecule has 0 saturated heterocycles. The highest BCUT2D eigenvalue weighted by Gasteiger charge is 2.36. The zero-order chi connectivity index (χ0) is 37.1. The van der Waals surface area contributed by atoms with Crippen molar-refractivity contribution in [2.45, 2.75) is 92.8 Å². The molecule has 3 aromatic carbocycles. The van der Waals surface area contributed by atoms with Crippen molar-refractivity contribution < 1.29 is 32.5 Å². The van der Waals surface area contributed by atoms with Gasteiger partial charge < -0.3 is 18.9 Å². The summed E-state index contributed by atoms with van der Waals surface area (Å²) in [5.41, 5.74) is 9.22. The van der Waals surface area contributed by atoms with E-state index in [2.05, 4.69) is 0 Å². The standard InChI is InChI=1S/C42H45F2N3O5/c1-9-49-41(48)39(52-42(6,7)8)34-25(5)45-40-24(4)35(46-47(40)36(34)31-21-33(44)38-29(23(31)3)16-12-18-51-38)27-14-10-13-26(19-27)30-20-32(43)37-28(22(30)2)15-11-17-50-37/h10,13-14,19-21,39H,9,11-12,15-18H2,1-8H3. The minimum Gasteiger partial charge on any atom is -0.490 e. The van der Waals surface area contributed by atoms with Crippen LogP contribution in [0.2, 0.25) is 0 Å². The van der Waals surface area contributed by atoms with Crippen molar-refractivity contribution in [1.29, 1.82) is 0 Å². The van der Waals surface area contributed by atoms with Gasteiger partial charge in [-0.15, -0.1) is 0 Å². The van der Waals surface area contributed by atoms with E-state index in [1.165, 1.54) is 6.07 Å². The van der Waals surface area contributed by atoms with E-state index in [-0.39, 0.29) is 18.2 Å². The summed E-state index contributed by atoms with van der Waals surface area (Å²) >= 11 is 0. The second-order valence-corrected chi connectivity index (χ2v) is 14.7. The zero-order valence-electron chi connectivity index (χ0n) is 31.1. The lowest BCUT2D eigenvalue weighted by Gasteiger charge is -2.29. The van der Waals surface area contributed by atoms with Crippen LogP contribution in [-0.4, -0.2) is 46.0 Å². The van der Waals surface area contributed by atoms with Gasteiger partial charge in [-0.2, -0.15) is 5.10 Å². The SMILES string of the molecule is CCOC(=O)C(OC(C)(C)C)c1c(C)nc2c(C)c(-c3cccc(-c4cc(F)c5c(c4C)CCCO5)c3)nn2c1-c1cc(F)c2c(c1C)CCCO2. The molecule has 2 aliphatic heterocycles. The minimum absolute atomic E-state index is 0.152. The highest BCUT2D eigenvalue weighted by Crippen LogP contribution is 2.44. The lowest BCUT2D eigenvalue weighted by Crippen LogP contribution is -2.30. The predicted octanol–water partition coefficient (Wildman–Crippen LogP) is 9.31. The first-order valence-electron chi connectivity index (χ1n) is 18.0. The number of carbonyl (C=O) groups excluding carboxylic acids is 1. The number of aromatic nitrogens is 3. The van der Waals surface area contributed by atoms with Crippen LogP contribution in [0.1, 0.15) is 85.7 Å². The second kappa shape index (κ2) is 13.6. The Morgan fingerprint density at radius 2 is 1.48 bits per heavy atom. The molecule has 4 heterocycles. The second-order valence-electron chi connectivity index (χ2n) is 14.7. The first-order chi connectivity index (χ1) is 24.8. The van der Waals surface area contributed by atoms with Crippen LogP contribution in [0.5, 0.6) is 11.5 Å². The van der Waals surface area contributed by atoms with E-state index in [4.69, 9.17) is 29.0 Å². The first kappa shape index (κ1) is 35.6. The van der Waals surface area contributed by atoms with Gasteiger partial charge in [-0.25, -0.2) is 23.1 Å². The quantitative estimate of drug-likeness (QED) is 0.156. The van der Waals surface area contributed by atoms with Crippen molar-refractivity contribution in [1.82, 2.24) is 14.6 Å². The summed E-state index contributed by atoms with van der Waals surface area (Å²) in [5, 5.41) is 5.17. The van der Waals surface area contributed by atoms with Crippen molar-refractivity contribution in [2.75, 3.05) is 19.8 Å². The van der Waals surface area contributed by atoms with Gasteiger partial charge in [-0.05, 0) is 122 Å². The summed E-state index contributed by atoms with van der Waals surface area (Å²) in [6.45, 7) is 16.2. The summed E-state index contributed by atoms with van der Waals surface area (Å²) in [5.74, 6) is -0.811. The molecule has 2 aromatic heterocycles. The topological polar surface area (TPSA) is 84.2 Å². The molecule has 1 atom stereocenters. The molecule has 1 unspecified atom stereocenters. The van der Waals surface area contributed by atoms with Crippen LogP contribution in [0.4, 0.5) is 8.78 Å². The average Bonchev–Trinajstić information content (AvgIpc) is 3.45. The van der Waals surface area contributed by atoms with Crippen molar-refractivity contribution in [3.8, 4) is 45.1 Å². The molecule has 0 fully saturated rings. The lowest BCUT2D eigenvalue weighted by atomic mass is 9.90. The van der Waals surface area contributed by atoms with Crippen LogP contribution in [0, 0.1) is 39.3 Å². The van der Waals surface area contributed by atoms with Crippen molar-refractivity contribution >= 4 is 11.6 Å². The fraction of sp³-hybridized carbons (Fsp3) is 0.405. The third kappa shape index (κ3) is 6.21. The number of hydrogen-bond donors (Lipinski definition) is 0. The van der Waals surface area contributed by atoms with E-state index in [9.17, 15) is 4.79 Å². The molecular formula is C42H45F2N3O5. The zero-order valence-corrected chi connectivity index (χ0v) is 31.1. The van der Waals surface area contributed by atoms with Gasteiger partial charge in [0.2, 0.25) is 0 Å². The number of halogens is 2. The van der Waals surface area contributed by atoms with E-state index < -0.39 is 23.5 Å². The van der Waals surface area contributed by atoms with Crippen molar-refractivity contribution in [2.24, 2.45) is 0 Å². The Morgan fingerprint density at radius 3 is 2.10 bits per heavy atom. The largest absolute Gasteiger partial charge is 0.490 e. The van der Waals surface area contributed by atoms with E-state index in [1.807, 2.05) is 72.7 Å². The van der Waals surface area contributed by atoms with Gasteiger partial charge in [0, 0.05) is 39.1 Å². The summed E-state index contributed by atoms with van der Waals surface area (Å²) in [4.78, 5) is 18.8. The summed E-state index contributed by atoms with van der Waals surface area (Å²) in [6.07, 6.45) is 1.83. The summed E-state index contributed by atoms with van der Waals surface area (Å²) in [6, 6.07) is 10.9. The number of hydrogen-bond acceptors (Lipinski definition) is 7. The number of esters is 1. The maximum atomic E-state index is 16.0. The van der Waals surface area contributed by atoms with Crippen LogP contribution in [0.15, 0.2) is 36.4 Å². The number of fused-ring (bicyclic) bond motifs is 3. The Labute approximate surface area is 303 Å². The number of ether oxygens (including phenoxy) is 4. The highest BCUT2D eigenvalue weighted by atomic mass is 19.1. The maximum absolute atomic E-state index is 16.0. The molecule has 0 amide bonds. The van der Waals surface area contributed by atoms with Gasteiger partial charge in [-0.3, -0.25) is 0 Å². The van der Waals surface area contributed by atoms with Gasteiger partial charge in [0.1, 0.15) is 0 Å². The van der Waals surface area contributed by atoms with Crippen LogP contribution in [-0.2, 0) is 27.1 Å². The molecule has 52 heavy (non-hydrogen) atoms. The van der Waals surface area contributed by atoms with E-state index in [0.29, 0.717) is 59.2 Å². The normalized spacial score (nSPS) is 14.7. The van der Waals surface area contributed by atoms with Crippen LogP contribution >= 0.6 is 0 Å². The van der Waals surface area contributed by atoms with Crippen LogP contribution < -0.4 is 9.47 Å². The molecule has 0 aliphatic carbocycles. The Kier molecular flexibility index (Phi) is 9.31. The maximum Gasteiger partial charge on any atom is 0.340 e. The molecular weight excluding hydrogens is 664 g/mol.